The van der Waals surface area contributed by atoms with Gasteiger partial charge in [-0.15, -0.1) is 0 Å². The predicted molar refractivity (Wildman–Crippen MR) is 85.2 cm³/mol. The molecule has 4 unspecified atom stereocenters. The van der Waals surface area contributed by atoms with Crippen molar-refractivity contribution in [2.24, 2.45) is 11.8 Å². The van der Waals surface area contributed by atoms with Crippen molar-refractivity contribution in [2.75, 3.05) is 13.2 Å². The van der Waals surface area contributed by atoms with Crippen molar-refractivity contribution in [1.82, 2.24) is 5.32 Å². The number of ether oxygens (including phenoxy) is 2. The first-order valence-corrected chi connectivity index (χ1v) is 8.35. The molecule has 0 heterocycles. The van der Waals surface area contributed by atoms with Crippen LogP contribution in [0.5, 0.6) is 0 Å². The molecule has 1 aliphatic carbocycles. The fourth-order valence-corrected chi connectivity index (χ4v) is 3.02. The van der Waals surface area contributed by atoms with E-state index in [9.17, 15) is 4.79 Å². The first kappa shape index (κ1) is 18.4. The molecule has 0 amide bonds. The Balaban J connectivity index is 2.58. The van der Waals surface area contributed by atoms with E-state index in [0.717, 1.165) is 18.8 Å². The van der Waals surface area contributed by atoms with Crippen LogP contribution in [-0.2, 0) is 14.3 Å². The van der Waals surface area contributed by atoms with Crippen molar-refractivity contribution >= 4 is 5.97 Å². The van der Waals surface area contributed by atoms with E-state index in [0.29, 0.717) is 19.1 Å². The van der Waals surface area contributed by atoms with E-state index < -0.39 is 5.54 Å². The Hall–Kier alpha value is -0.610. The van der Waals surface area contributed by atoms with Crippen molar-refractivity contribution in [3.8, 4) is 0 Å². The van der Waals surface area contributed by atoms with Gasteiger partial charge >= 0.3 is 5.97 Å². The van der Waals surface area contributed by atoms with Crippen molar-refractivity contribution in [1.29, 1.82) is 0 Å². The summed E-state index contributed by atoms with van der Waals surface area (Å²) in [5.74, 6) is 1.24. The lowest BCUT2D eigenvalue weighted by Crippen LogP contribution is -2.57. The summed E-state index contributed by atoms with van der Waals surface area (Å²) in [6.45, 7) is 13.1. The maximum absolute atomic E-state index is 12.2. The molecule has 21 heavy (non-hydrogen) atoms. The lowest BCUT2D eigenvalue weighted by molar-refractivity contribution is -0.155. The van der Waals surface area contributed by atoms with Crippen LogP contribution in [-0.4, -0.2) is 36.9 Å². The molecule has 0 spiro atoms. The molecule has 0 aromatic rings. The summed E-state index contributed by atoms with van der Waals surface area (Å²) in [5.41, 5.74) is -0.767. The van der Waals surface area contributed by atoms with Crippen molar-refractivity contribution in [3.63, 3.8) is 0 Å². The molecule has 4 nitrogen and oxygen atoms in total. The minimum absolute atomic E-state index is 0.202. The minimum Gasteiger partial charge on any atom is -0.465 e. The molecule has 1 fully saturated rings. The lowest BCUT2D eigenvalue weighted by Gasteiger charge is -2.36. The second-order valence-corrected chi connectivity index (χ2v) is 7.05. The fraction of sp³-hybridized carbons (Fsp3) is 0.941. The average Bonchev–Trinajstić information content (AvgIpc) is 2.39. The van der Waals surface area contributed by atoms with Crippen LogP contribution in [0.2, 0.25) is 0 Å². The highest BCUT2D eigenvalue weighted by Crippen LogP contribution is 2.31. The average molecular weight is 299 g/mol. The Morgan fingerprint density at radius 2 is 1.95 bits per heavy atom. The van der Waals surface area contributed by atoms with Gasteiger partial charge in [0.05, 0.1) is 19.3 Å². The topological polar surface area (TPSA) is 47.6 Å². The van der Waals surface area contributed by atoms with Gasteiger partial charge in [-0.1, -0.05) is 13.8 Å². The van der Waals surface area contributed by atoms with Crippen LogP contribution in [0.25, 0.3) is 0 Å². The molecule has 4 atom stereocenters. The Labute approximate surface area is 130 Å². The summed E-state index contributed by atoms with van der Waals surface area (Å²) in [6, 6.07) is 0.202. The smallest absolute Gasteiger partial charge is 0.328 e. The Morgan fingerprint density at radius 3 is 2.48 bits per heavy atom. The summed E-state index contributed by atoms with van der Waals surface area (Å²) in [5, 5.41) is 3.30. The van der Waals surface area contributed by atoms with E-state index in [-0.39, 0.29) is 18.1 Å². The first-order chi connectivity index (χ1) is 9.78. The Kier molecular flexibility index (Phi) is 7.14. The third-order valence-corrected chi connectivity index (χ3v) is 4.49. The van der Waals surface area contributed by atoms with Gasteiger partial charge in [-0.05, 0) is 58.8 Å². The molecular formula is C17H33NO3. The largest absolute Gasteiger partial charge is 0.465 e. The summed E-state index contributed by atoms with van der Waals surface area (Å²) >= 11 is 0. The monoisotopic (exact) mass is 299 g/mol. The highest BCUT2D eigenvalue weighted by atomic mass is 16.5. The van der Waals surface area contributed by atoms with Crippen molar-refractivity contribution in [3.05, 3.63) is 0 Å². The molecule has 1 aliphatic rings. The second-order valence-electron chi connectivity index (χ2n) is 7.05. The molecule has 1 saturated carbocycles. The van der Waals surface area contributed by atoms with E-state index in [1.807, 2.05) is 27.7 Å². The van der Waals surface area contributed by atoms with Crippen LogP contribution >= 0.6 is 0 Å². The highest BCUT2D eigenvalue weighted by Gasteiger charge is 2.37. The summed E-state index contributed by atoms with van der Waals surface area (Å²) < 4.78 is 11.3. The van der Waals surface area contributed by atoms with Gasteiger partial charge in [-0.2, -0.15) is 0 Å². The molecule has 1 rings (SSSR count). The third kappa shape index (κ3) is 5.59. The predicted octanol–water partition coefficient (Wildman–Crippen LogP) is 3.15. The molecule has 0 aliphatic heterocycles. The summed E-state index contributed by atoms with van der Waals surface area (Å²) in [7, 11) is 0. The molecule has 0 radical (unpaired) electrons. The number of hydrogen-bond acceptors (Lipinski definition) is 4. The van der Waals surface area contributed by atoms with Crippen LogP contribution in [0.4, 0.5) is 0 Å². The van der Waals surface area contributed by atoms with E-state index in [4.69, 9.17) is 9.47 Å². The molecule has 0 aromatic heterocycles. The number of rotatable bonds is 7. The Morgan fingerprint density at radius 1 is 1.29 bits per heavy atom. The quantitative estimate of drug-likeness (QED) is 0.734. The molecular weight excluding hydrogens is 266 g/mol. The van der Waals surface area contributed by atoms with E-state index in [1.54, 1.807) is 0 Å². The normalized spacial score (nSPS) is 29.2. The molecule has 0 aromatic carbocycles. The zero-order chi connectivity index (χ0) is 16.0. The van der Waals surface area contributed by atoms with Gasteiger partial charge in [0.2, 0.25) is 0 Å². The Bertz CT molecular complexity index is 332. The minimum atomic E-state index is -0.767. The standard InChI is InChI=1S/C17H33NO3/c1-7-20-16(19)17(6,18-12(2)3)11-21-15-9-8-13(4)14(5)10-15/h12-15,18H,7-11H2,1-6H3. The van der Waals surface area contributed by atoms with Crippen molar-refractivity contribution in [2.45, 2.75) is 78.5 Å². The van der Waals surface area contributed by atoms with Gasteiger partial charge in [-0.3, -0.25) is 5.32 Å². The van der Waals surface area contributed by atoms with Crippen molar-refractivity contribution < 1.29 is 14.3 Å². The zero-order valence-electron chi connectivity index (χ0n) is 14.6. The van der Waals surface area contributed by atoms with Gasteiger partial charge in [-0.25, -0.2) is 4.79 Å². The third-order valence-electron chi connectivity index (χ3n) is 4.49. The second kappa shape index (κ2) is 8.14. The van der Waals surface area contributed by atoms with Gasteiger partial charge in [0.1, 0.15) is 5.54 Å². The fourth-order valence-electron chi connectivity index (χ4n) is 3.02. The van der Waals surface area contributed by atoms with Crippen LogP contribution in [0.1, 0.15) is 60.8 Å². The zero-order valence-corrected chi connectivity index (χ0v) is 14.6. The molecule has 124 valence electrons. The summed E-state index contributed by atoms with van der Waals surface area (Å²) in [6.07, 6.45) is 3.65. The maximum atomic E-state index is 12.2. The maximum Gasteiger partial charge on any atom is 0.328 e. The van der Waals surface area contributed by atoms with Gasteiger partial charge < -0.3 is 9.47 Å². The highest BCUT2D eigenvalue weighted by molar-refractivity contribution is 5.80. The van der Waals surface area contributed by atoms with E-state index in [2.05, 4.69) is 19.2 Å². The van der Waals surface area contributed by atoms with E-state index in [1.165, 1.54) is 6.42 Å². The van der Waals surface area contributed by atoms with Crippen LogP contribution < -0.4 is 5.32 Å². The number of carbonyl (C=O) groups excluding carboxylic acids is 1. The van der Waals surface area contributed by atoms with Gasteiger partial charge in [0.25, 0.3) is 0 Å². The molecule has 0 bridgehead atoms. The first-order valence-electron chi connectivity index (χ1n) is 8.35. The SMILES string of the molecule is CCOC(=O)C(C)(COC1CCC(C)C(C)C1)NC(C)C. The summed E-state index contributed by atoms with van der Waals surface area (Å²) in [4.78, 5) is 12.2. The number of esters is 1. The lowest BCUT2D eigenvalue weighted by atomic mass is 9.80. The molecule has 1 N–H and O–H groups in total. The van der Waals surface area contributed by atoms with Gasteiger partial charge in [0.15, 0.2) is 0 Å². The van der Waals surface area contributed by atoms with Crippen LogP contribution in [0, 0.1) is 11.8 Å². The van der Waals surface area contributed by atoms with Gasteiger partial charge in [0, 0.05) is 6.04 Å². The molecule has 4 heteroatoms. The number of nitrogens with one attached hydrogen (secondary N) is 1. The molecule has 0 saturated heterocycles. The number of hydrogen-bond donors (Lipinski definition) is 1. The van der Waals surface area contributed by atoms with E-state index >= 15 is 0 Å². The van der Waals surface area contributed by atoms with Crippen LogP contribution in [0.15, 0.2) is 0 Å². The van der Waals surface area contributed by atoms with Crippen LogP contribution in [0.3, 0.4) is 0 Å². The number of carbonyl (C=O) groups is 1.